The zero-order valence-corrected chi connectivity index (χ0v) is 13.7. The van der Waals surface area contributed by atoms with Crippen molar-refractivity contribution in [2.75, 3.05) is 5.32 Å². The first kappa shape index (κ1) is 14.4. The van der Waals surface area contributed by atoms with Crippen molar-refractivity contribution in [3.63, 3.8) is 0 Å². The van der Waals surface area contributed by atoms with E-state index in [-0.39, 0.29) is 0 Å². The zero-order chi connectivity index (χ0) is 14.0. The van der Waals surface area contributed by atoms with Gasteiger partial charge in [-0.1, -0.05) is 51.3 Å². The molecule has 2 aromatic carbocycles. The molecule has 1 nitrogen and oxygen atoms in total. The van der Waals surface area contributed by atoms with Crippen LogP contribution in [0.2, 0.25) is 5.02 Å². The van der Waals surface area contributed by atoms with E-state index >= 15 is 0 Å². The topological polar surface area (TPSA) is 12.0 Å². The molecule has 0 aliphatic carbocycles. The molecule has 0 aromatic heterocycles. The first-order chi connectivity index (χ1) is 8.97. The van der Waals surface area contributed by atoms with E-state index < -0.39 is 0 Å². The van der Waals surface area contributed by atoms with E-state index in [4.69, 9.17) is 11.6 Å². The van der Waals surface area contributed by atoms with Gasteiger partial charge in [-0.2, -0.15) is 0 Å². The van der Waals surface area contributed by atoms with Crippen LogP contribution in [0.4, 0.5) is 5.69 Å². The highest BCUT2D eigenvalue weighted by Crippen LogP contribution is 2.25. The van der Waals surface area contributed by atoms with Crippen molar-refractivity contribution >= 4 is 33.2 Å². The normalized spacial score (nSPS) is 10.6. The van der Waals surface area contributed by atoms with Crippen molar-refractivity contribution in [1.29, 1.82) is 0 Å². The fourth-order valence-electron chi connectivity index (χ4n) is 2.31. The van der Waals surface area contributed by atoms with Crippen molar-refractivity contribution in [3.05, 3.63) is 62.1 Å². The standard InChI is InChI=1S/C16H17BrClN/c1-10-6-11(2)16(12(3)7-10)19-9-13-4-5-14(18)8-15(13)17/h4-8,19H,9H2,1-3H3. The minimum absolute atomic E-state index is 0.748. The summed E-state index contributed by atoms with van der Waals surface area (Å²) in [5, 5.41) is 4.26. The van der Waals surface area contributed by atoms with Gasteiger partial charge in [0.1, 0.15) is 0 Å². The van der Waals surface area contributed by atoms with Crippen LogP contribution in [0.3, 0.4) is 0 Å². The Balaban J connectivity index is 2.19. The van der Waals surface area contributed by atoms with Gasteiger partial charge in [-0.05, 0) is 49.6 Å². The highest BCUT2D eigenvalue weighted by atomic mass is 79.9. The van der Waals surface area contributed by atoms with Gasteiger partial charge in [0, 0.05) is 21.7 Å². The predicted molar refractivity (Wildman–Crippen MR) is 87.1 cm³/mol. The summed E-state index contributed by atoms with van der Waals surface area (Å²) >= 11 is 9.50. The average Bonchev–Trinajstić information content (AvgIpc) is 2.30. The van der Waals surface area contributed by atoms with E-state index in [0.717, 1.165) is 16.0 Å². The third kappa shape index (κ3) is 3.52. The number of benzene rings is 2. The predicted octanol–water partition coefficient (Wildman–Crippen LogP) is 5.64. The van der Waals surface area contributed by atoms with Gasteiger partial charge in [0.15, 0.2) is 0 Å². The first-order valence-corrected chi connectivity index (χ1v) is 7.40. The maximum atomic E-state index is 5.95. The molecule has 0 saturated carbocycles. The molecule has 0 unspecified atom stereocenters. The van der Waals surface area contributed by atoms with Gasteiger partial charge < -0.3 is 5.32 Å². The molecule has 2 aromatic rings. The van der Waals surface area contributed by atoms with Crippen molar-refractivity contribution in [3.8, 4) is 0 Å². The van der Waals surface area contributed by atoms with Gasteiger partial charge in [0.25, 0.3) is 0 Å². The number of hydrogen-bond acceptors (Lipinski definition) is 1. The number of nitrogens with one attached hydrogen (secondary N) is 1. The number of hydrogen-bond donors (Lipinski definition) is 1. The van der Waals surface area contributed by atoms with Gasteiger partial charge >= 0.3 is 0 Å². The van der Waals surface area contributed by atoms with E-state index in [1.807, 2.05) is 18.2 Å². The molecule has 19 heavy (non-hydrogen) atoms. The molecule has 2 rings (SSSR count). The molecule has 100 valence electrons. The van der Waals surface area contributed by atoms with Crippen molar-refractivity contribution in [1.82, 2.24) is 0 Å². The van der Waals surface area contributed by atoms with Gasteiger partial charge in [-0.15, -0.1) is 0 Å². The summed E-state index contributed by atoms with van der Waals surface area (Å²) < 4.78 is 1.04. The number of aryl methyl sites for hydroxylation is 3. The summed E-state index contributed by atoms with van der Waals surface area (Å²) in [6, 6.07) is 10.3. The quantitative estimate of drug-likeness (QED) is 0.763. The van der Waals surface area contributed by atoms with Crippen LogP contribution < -0.4 is 5.32 Å². The molecule has 0 spiro atoms. The largest absolute Gasteiger partial charge is 0.380 e. The van der Waals surface area contributed by atoms with Gasteiger partial charge in [-0.25, -0.2) is 0 Å². The van der Waals surface area contributed by atoms with Crippen LogP contribution in [0.25, 0.3) is 0 Å². The minimum atomic E-state index is 0.748. The van der Waals surface area contributed by atoms with Crippen molar-refractivity contribution in [2.24, 2.45) is 0 Å². The highest BCUT2D eigenvalue weighted by molar-refractivity contribution is 9.10. The van der Waals surface area contributed by atoms with Crippen molar-refractivity contribution in [2.45, 2.75) is 27.3 Å². The number of halogens is 2. The second-order valence-corrected chi connectivity index (χ2v) is 6.15. The Kier molecular flexibility index (Phi) is 4.54. The maximum absolute atomic E-state index is 5.95. The average molecular weight is 339 g/mol. The van der Waals surface area contributed by atoms with E-state index in [9.17, 15) is 0 Å². The van der Waals surface area contributed by atoms with Crippen LogP contribution in [-0.2, 0) is 6.54 Å². The lowest BCUT2D eigenvalue weighted by Gasteiger charge is -2.14. The second-order valence-electron chi connectivity index (χ2n) is 4.86. The Morgan fingerprint density at radius 3 is 2.26 bits per heavy atom. The Morgan fingerprint density at radius 1 is 1.05 bits per heavy atom. The second kappa shape index (κ2) is 5.98. The monoisotopic (exact) mass is 337 g/mol. The van der Waals surface area contributed by atoms with E-state index in [1.54, 1.807) is 0 Å². The van der Waals surface area contributed by atoms with E-state index in [1.165, 1.54) is 27.9 Å². The maximum Gasteiger partial charge on any atom is 0.0417 e. The van der Waals surface area contributed by atoms with E-state index in [2.05, 4.69) is 54.2 Å². The van der Waals surface area contributed by atoms with E-state index in [0.29, 0.717) is 0 Å². The Hall–Kier alpha value is -0.990. The number of anilines is 1. The zero-order valence-electron chi connectivity index (χ0n) is 11.3. The van der Waals surface area contributed by atoms with Crippen LogP contribution in [0.15, 0.2) is 34.8 Å². The van der Waals surface area contributed by atoms with Crippen LogP contribution >= 0.6 is 27.5 Å². The van der Waals surface area contributed by atoms with Crippen LogP contribution in [0.5, 0.6) is 0 Å². The molecular formula is C16H17BrClN. The lowest BCUT2D eigenvalue weighted by Crippen LogP contribution is -2.04. The summed E-state index contributed by atoms with van der Waals surface area (Å²) in [7, 11) is 0. The molecule has 0 radical (unpaired) electrons. The SMILES string of the molecule is Cc1cc(C)c(NCc2ccc(Cl)cc2Br)c(C)c1. The van der Waals surface area contributed by atoms with Gasteiger partial charge in [0.2, 0.25) is 0 Å². The Morgan fingerprint density at radius 2 is 1.68 bits per heavy atom. The summed E-state index contributed by atoms with van der Waals surface area (Å²) in [5.41, 5.74) is 6.27. The molecule has 0 atom stereocenters. The molecule has 0 aliphatic rings. The third-order valence-corrected chi connectivity index (χ3v) is 4.12. The first-order valence-electron chi connectivity index (χ1n) is 6.23. The fraction of sp³-hybridized carbons (Fsp3) is 0.250. The van der Waals surface area contributed by atoms with Gasteiger partial charge in [0.05, 0.1) is 0 Å². The van der Waals surface area contributed by atoms with Crippen LogP contribution in [-0.4, -0.2) is 0 Å². The minimum Gasteiger partial charge on any atom is -0.380 e. The summed E-state index contributed by atoms with van der Waals surface area (Å²) in [6.07, 6.45) is 0. The number of rotatable bonds is 3. The molecule has 0 fully saturated rings. The summed E-state index contributed by atoms with van der Waals surface area (Å²) in [5.74, 6) is 0. The van der Waals surface area contributed by atoms with Crippen LogP contribution in [0, 0.1) is 20.8 Å². The lowest BCUT2D eigenvalue weighted by molar-refractivity contribution is 1.12. The molecule has 0 aliphatic heterocycles. The molecule has 3 heteroatoms. The van der Waals surface area contributed by atoms with Crippen molar-refractivity contribution < 1.29 is 0 Å². The van der Waals surface area contributed by atoms with Crippen LogP contribution in [0.1, 0.15) is 22.3 Å². The molecular weight excluding hydrogens is 322 g/mol. The highest BCUT2D eigenvalue weighted by Gasteiger charge is 2.05. The molecule has 0 heterocycles. The lowest BCUT2D eigenvalue weighted by atomic mass is 10.0. The Bertz CT molecular complexity index is 585. The van der Waals surface area contributed by atoms with Gasteiger partial charge in [-0.3, -0.25) is 0 Å². The molecule has 1 N–H and O–H groups in total. The third-order valence-electron chi connectivity index (χ3n) is 3.15. The summed E-state index contributed by atoms with van der Waals surface area (Å²) in [6.45, 7) is 7.18. The smallest absolute Gasteiger partial charge is 0.0417 e. The molecule has 0 saturated heterocycles. The molecule has 0 amide bonds. The molecule has 0 bridgehead atoms. The summed E-state index contributed by atoms with van der Waals surface area (Å²) in [4.78, 5) is 0. The fourth-order valence-corrected chi connectivity index (χ4v) is 3.13. The Labute approximate surface area is 128 Å².